The van der Waals surface area contributed by atoms with Crippen LogP contribution in [0.5, 0.6) is 5.75 Å². The number of amides is 1. The average Bonchev–Trinajstić information content (AvgIpc) is 3.24. The van der Waals surface area contributed by atoms with Crippen molar-refractivity contribution in [2.75, 3.05) is 33.3 Å². The molecule has 9 heteroatoms. The predicted octanol–water partition coefficient (Wildman–Crippen LogP) is 2.64. The molecule has 1 fully saturated rings. The second-order valence-electron chi connectivity index (χ2n) is 9.09. The van der Waals surface area contributed by atoms with Gasteiger partial charge < -0.3 is 19.3 Å². The number of hydrogen-bond donors (Lipinski definition) is 1. The van der Waals surface area contributed by atoms with Gasteiger partial charge in [0.25, 0.3) is 11.5 Å². The first-order chi connectivity index (χ1) is 17.0. The second kappa shape index (κ2) is 10.3. The van der Waals surface area contributed by atoms with Crippen molar-refractivity contribution in [1.82, 2.24) is 19.4 Å². The summed E-state index contributed by atoms with van der Waals surface area (Å²) in [6, 6.07) is 11.5. The number of pyridine rings is 1. The van der Waals surface area contributed by atoms with Crippen molar-refractivity contribution in [2.24, 2.45) is 0 Å². The zero-order chi connectivity index (χ0) is 24.4. The van der Waals surface area contributed by atoms with Crippen molar-refractivity contribution >= 4 is 17.2 Å². The van der Waals surface area contributed by atoms with Crippen LogP contribution in [0.3, 0.4) is 0 Å². The Labute approximate surface area is 208 Å². The molecule has 35 heavy (non-hydrogen) atoms. The number of nitrogens with zero attached hydrogens (tertiary/aromatic N) is 4. The maximum absolute atomic E-state index is 13.5. The number of carbonyl (C=O) groups is 1. The number of aliphatic hydroxyl groups excluding tert-OH is 1. The minimum atomic E-state index is -0.515. The lowest BCUT2D eigenvalue weighted by Gasteiger charge is -2.31. The minimum absolute atomic E-state index is 0.158. The summed E-state index contributed by atoms with van der Waals surface area (Å²) in [7, 11) is 1.49. The van der Waals surface area contributed by atoms with Gasteiger partial charge in [-0.1, -0.05) is 30.3 Å². The summed E-state index contributed by atoms with van der Waals surface area (Å²) in [5, 5.41) is 13.2. The lowest BCUT2D eigenvalue weighted by atomic mass is 10.0. The molecule has 4 heterocycles. The van der Waals surface area contributed by atoms with E-state index in [-0.39, 0.29) is 11.5 Å². The fourth-order valence-corrected chi connectivity index (χ4v) is 5.80. The van der Waals surface area contributed by atoms with Crippen LogP contribution in [0.4, 0.5) is 0 Å². The maximum Gasteiger partial charge on any atom is 0.259 e. The molecule has 1 saturated heterocycles. The SMILES string of the molecule is COc1cc(=O)n2c(c1C(=O)N1CCC[C@H](O)C1)CCN(Cc1nc(-c3ccccc3)cs1)CC2. The monoisotopic (exact) mass is 494 g/mol. The summed E-state index contributed by atoms with van der Waals surface area (Å²) in [5.41, 5.74) is 3.08. The van der Waals surface area contributed by atoms with Crippen molar-refractivity contribution < 1.29 is 14.6 Å². The number of carbonyl (C=O) groups excluding carboxylic acids is 1. The van der Waals surface area contributed by atoms with Crippen molar-refractivity contribution in [3.8, 4) is 17.0 Å². The molecule has 0 aliphatic carbocycles. The Balaban J connectivity index is 1.37. The van der Waals surface area contributed by atoms with Crippen LogP contribution in [0.2, 0.25) is 0 Å². The molecule has 5 rings (SSSR count). The molecule has 2 aromatic heterocycles. The molecule has 2 aliphatic rings. The van der Waals surface area contributed by atoms with Crippen LogP contribution < -0.4 is 10.3 Å². The predicted molar refractivity (Wildman–Crippen MR) is 135 cm³/mol. The van der Waals surface area contributed by atoms with Crippen LogP contribution in [0.1, 0.15) is 33.9 Å². The number of β-amino-alcohol motifs (C(OH)–C–C–N with tert-alkyl or cyclic N) is 1. The Hall–Kier alpha value is -3.01. The van der Waals surface area contributed by atoms with Gasteiger partial charge in [0.05, 0.1) is 25.5 Å². The fraction of sp³-hybridized carbons (Fsp3) is 0.423. The molecular formula is C26H30N4O4S. The number of piperidine rings is 1. The minimum Gasteiger partial charge on any atom is -0.496 e. The van der Waals surface area contributed by atoms with Gasteiger partial charge in [-0.3, -0.25) is 14.5 Å². The molecule has 1 aromatic carbocycles. The zero-order valence-electron chi connectivity index (χ0n) is 19.9. The van der Waals surface area contributed by atoms with Gasteiger partial charge in [-0.25, -0.2) is 4.98 Å². The molecule has 0 spiro atoms. The molecule has 8 nitrogen and oxygen atoms in total. The Bertz CT molecular complexity index is 1260. The molecule has 184 valence electrons. The fourth-order valence-electron chi connectivity index (χ4n) is 4.96. The maximum atomic E-state index is 13.5. The molecule has 1 N–H and O–H groups in total. The van der Waals surface area contributed by atoms with E-state index in [1.54, 1.807) is 20.8 Å². The van der Waals surface area contributed by atoms with Crippen molar-refractivity contribution in [3.05, 3.63) is 68.4 Å². The quantitative estimate of drug-likeness (QED) is 0.587. The topological polar surface area (TPSA) is 87.9 Å². The van der Waals surface area contributed by atoms with Crippen molar-refractivity contribution in [2.45, 2.75) is 38.5 Å². The summed E-state index contributed by atoms with van der Waals surface area (Å²) in [5.74, 6) is 0.136. The Kier molecular flexibility index (Phi) is 6.99. The molecule has 0 unspecified atom stereocenters. The van der Waals surface area contributed by atoms with Gasteiger partial charge in [-0.2, -0.15) is 0 Å². The van der Waals surface area contributed by atoms with Crippen LogP contribution in [0.25, 0.3) is 11.3 Å². The molecule has 2 aliphatic heterocycles. The van der Waals surface area contributed by atoms with Crippen LogP contribution in [-0.4, -0.2) is 69.8 Å². The highest BCUT2D eigenvalue weighted by Gasteiger charge is 2.30. The average molecular weight is 495 g/mol. The normalized spacial score (nSPS) is 18.7. The molecule has 0 bridgehead atoms. The number of methoxy groups -OCH3 is 1. The molecule has 3 aromatic rings. The highest BCUT2D eigenvalue weighted by atomic mass is 32.1. The van der Waals surface area contributed by atoms with E-state index in [1.807, 2.05) is 18.2 Å². The third kappa shape index (κ3) is 5.03. The van der Waals surface area contributed by atoms with E-state index >= 15 is 0 Å². The number of benzene rings is 1. The first-order valence-corrected chi connectivity index (χ1v) is 12.9. The first-order valence-electron chi connectivity index (χ1n) is 12.0. The highest BCUT2D eigenvalue weighted by Crippen LogP contribution is 2.27. The largest absolute Gasteiger partial charge is 0.496 e. The number of aromatic nitrogens is 2. The summed E-state index contributed by atoms with van der Waals surface area (Å²) in [4.78, 5) is 35.2. The van der Waals surface area contributed by atoms with E-state index in [2.05, 4.69) is 22.4 Å². The number of aliphatic hydroxyl groups is 1. The van der Waals surface area contributed by atoms with E-state index in [0.29, 0.717) is 69.1 Å². The van der Waals surface area contributed by atoms with Gasteiger partial charge in [0.1, 0.15) is 16.3 Å². The Morgan fingerprint density at radius 2 is 2.03 bits per heavy atom. The van der Waals surface area contributed by atoms with Crippen LogP contribution in [0, 0.1) is 0 Å². The Morgan fingerprint density at radius 3 is 2.80 bits per heavy atom. The standard InChI is InChI=1S/C26H30N4O4S/c1-34-22-14-24(32)30-13-12-28(16-23-27-20(17-35-23)18-6-3-2-4-7-18)11-9-21(30)25(22)26(33)29-10-5-8-19(31)15-29/h2-4,6-7,14,17,19,31H,5,8-13,15-16H2,1H3/t19-/m0/s1. The number of fused-ring (bicyclic) bond motifs is 1. The number of ether oxygens (including phenoxy) is 1. The van der Waals surface area contributed by atoms with Gasteiger partial charge in [-0.05, 0) is 12.8 Å². The summed E-state index contributed by atoms with van der Waals surface area (Å²) in [6.45, 7) is 3.49. The van der Waals surface area contributed by atoms with E-state index < -0.39 is 6.10 Å². The number of thiazole rings is 1. The van der Waals surface area contributed by atoms with Crippen LogP contribution in [0.15, 0.2) is 46.6 Å². The van der Waals surface area contributed by atoms with Crippen molar-refractivity contribution in [3.63, 3.8) is 0 Å². The highest BCUT2D eigenvalue weighted by molar-refractivity contribution is 7.09. The van der Waals surface area contributed by atoms with Gasteiger partial charge in [0.2, 0.25) is 0 Å². The third-order valence-corrected chi connectivity index (χ3v) is 7.62. The lowest BCUT2D eigenvalue weighted by molar-refractivity contribution is 0.0469. The van der Waals surface area contributed by atoms with Crippen LogP contribution >= 0.6 is 11.3 Å². The van der Waals surface area contributed by atoms with E-state index in [9.17, 15) is 14.7 Å². The van der Waals surface area contributed by atoms with E-state index in [0.717, 1.165) is 22.7 Å². The van der Waals surface area contributed by atoms with Crippen LogP contribution in [-0.2, 0) is 19.5 Å². The van der Waals surface area contributed by atoms with E-state index in [1.165, 1.54) is 13.2 Å². The summed E-state index contributed by atoms with van der Waals surface area (Å²) in [6.07, 6.45) is 1.50. The van der Waals surface area contributed by atoms with Gasteiger partial charge in [-0.15, -0.1) is 11.3 Å². The molecule has 0 saturated carbocycles. The summed E-state index contributed by atoms with van der Waals surface area (Å²) < 4.78 is 7.21. The summed E-state index contributed by atoms with van der Waals surface area (Å²) >= 11 is 1.64. The lowest BCUT2D eigenvalue weighted by Crippen LogP contribution is -2.43. The van der Waals surface area contributed by atoms with Crippen molar-refractivity contribution in [1.29, 1.82) is 0 Å². The Morgan fingerprint density at radius 1 is 1.20 bits per heavy atom. The van der Waals surface area contributed by atoms with Gasteiger partial charge >= 0.3 is 0 Å². The molecule has 0 radical (unpaired) electrons. The van der Waals surface area contributed by atoms with E-state index in [4.69, 9.17) is 9.72 Å². The first kappa shape index (κ1) is 23.7. The zero-order valence-corrected chi connectivity index (χ0v) is 20.7. The number of likely N-dealkylation sites (tertiary alicyclic amines) is 1. The van der Waals surface area contributed by atoms with Gasteiger partial charge in [0, 0.05) is 61.8 Å². The molecular weight excluding hydrogens is 464 g/mol. The molecule has 1 atom stereocenters. The number of rotatable bonds is 5. The second-order valence-corrected chi connectivity index (χ2v) is 10.0. The smallest absolute Gasteiger partial charge is 0.259 e. The number of hydrogen-bond acceptors (Lipinski definition) is 7. The van der Waals surface area contributed by atoms with Gasteiger partial charge in [0.15, 0.2) is 0 Å². The third-order valence-electron chi connectivity index (χ3n) is 6.78. The molecule has 1 amide bonds.